The summed E-state index contributed by atoms with van der Waals surface area (Å²) >= 11 is 12.3. The number of carbonyl (C=O) groups is 2. The van der Waals surface area contributed by atoms with Gasteiger partial charge in [-0.2, -0.15) is 5.10 Å². The first-order chi connectivity index (χ1) is 15.2. The van der Waals surface area contributed by atoms with Crippen molar-refractivity contribution in [2.45, 2.75) is 26.8 Å². The van der Waals surface area contributed by atoms with Crippen LogP contribution in [0.3, 0.4) is 0 Å². The highest BCUT2D eigenvalue weighted by Crippen LogP contribution is 2.27. The number of benzene rings is 2. The van der Waals surface area contributed by atoms with Crippen molar-refractivity contribution < 1.29 is 19.1 Å². The first-order valence-electron chi connectivity index (χ1n) is 9.77. The van der Waals surface area contributed by atoms with Gasteiger partial charge < -0.3 is 14.8 Å². The Hall–Kier alpha value is -3.03. The second-order valence-electron chi connectivity index (χ2n) is 7.14. The molecule has 168 valence electrons. The van der Waals surface area contributed by atoms with Crippen LogP contribution in [0.25, 0.3) is 5.69 Å². The van der Waals surface area contributed by atoms with Crippen molar-refractivity contribution in [1.29, 1.82) is 0 Å². The molecule has 1 amide bonds. The summed E-state index contributed by atoms with van der Waals surface area (Å²) in [6.45, 7) is 3.99. The fourth-order valence-corrected chi connectivity index (χ4v) is 3.87. The Morgan fingerprint density at radius 1 is 1.09 bits per heavy atom. The Morgan fingerprint density at radius 2 is 1.84 bits per heavy atom. The fraction of sp³-hybridized carbons (Fsp3) is 0.261. The maximum Gasteiger partial charge on any atom is 0.341 e. The van der Waals surface area contributed by atoms with Crippen LogP contribution in [0.4, 0.5) is 0 Å². The molecule has 0 spiro atoms. The lowest BCUT2D eigenvalue weighted by Gasteiger charge is -2.11. The second kappa shape index (κ2) is 10.1. The standard InChI is InChI=1S/C23H23Cl2N3O4/c1-13-17(14(2)28(27-13)20-7-6-16(24)10-19(20)25)11-22(29)26-12-15-5-8-21(31-3)18(9-15)23(30)32-4/h5-10H,11-12H2,1-4H3,(H,26,29). The van der Waals surface area contributed by atoms with E-state index in [1.807, 2.05) is 13.8 Å². The summed E-state index contributed by atoms with van der Waals surface area (Å²) < 4.78 is 11.7. The van der Waals surface area contributed by atoms with E-state index >= 15 is 0 Å². The van der Waals surface area contributed by atoms with Crippen LogP contribution in [0.5, 0.6) is 5.75 Å². The summed E-state index contributed by atoms with van der Waals surface area (Å²) in [4.78, 5) is 24.6. The van der Waals surface area contributed by atoms with Gasteiger partial charge in [-0.3, -0.25) is 4.79 Å². The number of carbonyl (C=O) groups excluding carboxylic acids is 2. The fourth-order valence-electron chi connectivity index (χ4n) is 3.38. The van der Waals surface area contributed by atoms with E-state index in [2.05, 4.69) is 10.4 Å². The van der Waals surface area contributed by atoms with Crippen molar-refractivity contribution in [3.63, 3.8) is 0 Å². The Bertz CT molecular complexity index is 1170. The van der Waals surface area contributed by atoms with Gasteiger partial charge in [0.2, 0.25) is 5.91 Å². The number of nitrogens with one attached hydrogen (secondary N) is 1. The highest BCUT2D eigenvalue weighted by molar-refractivity contribution is 6.35. The first-order valence-corrected chi connectivity index (χ1v) is 10.5. The molecule has 3 aromatic rings. The lowest BCUT2D eigenvalue weighted by Crippen LogP contribution is -2.25. The third-order valence-corrected chi connectivity index (χ3v) is 5.61. The number of aromatic nitrogens is 2. The van der Waals surface area contributed by atoms with Gasteiger partial charge in [0.05, 0.1) is 37.0 Å². The molecule has 1 aromatic heterocycles. The van der Waals surface area contributed by atoms with E-state index in [1.165, 1.54) is 14.2 Å². The van der Waals surface area contributed by atoms with Crippen LogP contribution >= 0.6 is 23.2 Å². The normalized spacial score (nSPS) is 10.7. The van der Waals surface area contributed by atoms with Crippen molar-refractivity contribution in [2.24, 2.45) is 0 Å². The van der Waals surface area contributed by atoms with Crippen molar-refractivity contribution in [3.8, 4) is 11.4 Å². The molecule has 0 aliphatic carbocycles. The van der Waals surface area contributed by atoms with Crippen LogP contribution in [0.2, 0.25) is 10.0 Å². The molecule has 32 heavy (non-hydrogen) atoms. The van der Waals surface area contributed by atoms with Gasteiger partial charge >= 0.3 is 5.97 Å². The van der Waals surface area contributed by atoms with E-state index in [0.29, 0.717) is 27.0 Å². The summed E-state index contributed by atoms with van der Waals surface area (Å²) in [5.74, 6) is -0.269. The molecule has 0 radical (unpaired) electrons. The molecule has 9 heteroatoms. The summed E-state index contributed by atoms with van der Waals surface area (Å²) in [5, 5.41) is 8.43. The molecule has 1 N–H and O–H groups in total. The average molecular weight is 476 g/mol. The zero-order valence-corrected chi connectivity index (χ0v) is 19.7. The monoisotopic (exact) mass is 475 g/mol. The van der Waals surface area contributed by atoms with Crippen molar-refractivity contribution >= 4 is 35.1 Å². The van der Waals surface area contributed by atoms with Crippen LogP contribution < -0.4 is 10.1 Å². The minimum absolute atomic E-state index is 0.156. The number of amides is 1. The minimum Gasteiger partial charge on any atom is -0.496 e. The van der Waals surface area contributed by atoms with Crippen LogP contribution in [0.1, 0.15) is 32.9 Å². The molecule has 0 atom stereocenters. The Balaban J connectivity index is 1.73. The number of aryl methyl sites for hydroxylation is 1. The van der Waals surface area contributed by atoms with Gasteiger partial charge in [0, 0.05) is 22.8 Å². The number of hydrogen-bond acceptors (Lipinski definition) is 5. The number of hydrogen-bond donors (Lipinski definition) is 1. The van der Waals surface area contributed by atoms with Gasteiger partial charge in [0.1, 0.15) is 11.3 Å². The molecule has 0 aliphatic heterocycles. The van der Waals surface area contributed by atoms with Crippen molar-refractivity contribution in [2.75, 3.05) is 14.2 Å². The van der Waals surface area contributed by atoms with Gasteiger partial charge in [0.25, 0.3) is 0 Å². The number of halogens is 2. The zero-order chi connectivity index (χ0) is 23.4. The lowest BCUT2D eigenvalue weighted by molar-refractivity contribution is -0.120. The van der Waals surface area contributed by atoms with Crippen LogP contribution in [0.15, 0.2) is 36.4 Å². The summed E-state index contributed by atoms with van der Waals surface area (Å²) in [6, 6.07) is 10.3. The summed E-state index contributed by atoms with van der Waals surface area (Å²) in [5.41, 5.74) is 4.11. The predicted octanol–water partition coefficient (Wildman–Crippen LogP) is 4.45. The number of esters is 1. The zero-order valence-electron chi connectivity index (χ0n) is 18.2. The summed E-state index contributed by atoms with van der Waals surface area (Å²) in [7, 11) is 2.78. The van der Waals surface area contributed by atoms with E-state index in [9.17, 15) is 9.59 Å². The second-order valence-corrected chi connectivity index (χ2v) is 7.98. The van der Waals surface area contributed by atoms with Gasteiger partial charge in [-0.15, -0.1) is 0 Å². The summed E-state index contributed by atoms with van der Waals surface area (Å²) in [6.07, 6.45) is 0.156. The molecule has 1 heterocycles. The maximum absolute atomic E-state index is 12.6. The van der Waals surface area contributed by atoms with E-state index in [-0.39, 0.29) is 18.9 Å². The third kappa shape index (κ3) is 5.06. The number of rotatable bonds is 7. The minimum atomic E-state index is -0.505. The number of methoxy groups -OCH3 is 2. The molecule has 2 aromatic carbocycles. The van der Waals surface area contributed by atoms with Gasteiger partial charge in [-0.05, 0) is 49.7 Å². The van der Waals surface area contributed by atoms with Gasteiger partial charge in [0.15, 0.2) is 0 Å². The molecule has 0 fully saturated rings. The molecule has 0 saturated heterocycles. The number of nitrogens with zero attached hydrogens (tertiary/aromatic N) is 2. The van der Waals surface area contributed by atoms with E-state index < -0.39 is 5.97 Å². The largest absolute Gasteiger partial charge is 0.496 e. The van der Waals surface area contributed by atoms with Crippen LogP contribution in [-0.4, -0.2) is 35.9 Å². The highest BCUT2D eigenvalue weighted by atomic mass is 35.5. The first kappa shape index (κ1) is 23.6. The van der Waals surface area contributed by atoms with Crippen molar-refractivity contribution in [3.05, 3.63) is 74.5 Å². The molecular formula is C23H23Cl2N3O4. The third-order valence-electron chi connectivity index (χ3n) is 5.08. The molecule has 0 saturated carbocycles. The molecule has 3 rings (SSSR count). The van der Waals surface area contributed by atoms with E-state index in [0.717, 1.165) is 22.5 Å². The number of ether oxygens (including phenoxy) is 2. The highest BCUT2D eigenvalue weighted by Gasteiger charge is 2.18. The van der Waals surface area contributed by atoms with E-state index in [1.54, 1.807) is 41.1 Å². The predicted molar refractivity (Wildman–Crippen MR) is 123 cm³/mol. The maximum atomic E-state index is 12.6. The average Bonchev–Trinajstić information content (AvgIpc) is 3.05. The molecule has 7 nitrogen and oxygen atoms in total. The topological polar surface area (TPSA) is 82.5 Å². The van der Waals surface area contributed by atoms with Gasteiger partial charge in [-0.25, -0.2) is 9.48 Å². The van der Waals surface area contributed by atoms with E-state index in [4.69, 9.17) is 32.7 Å². The molecule has 0 aliphatic rings. The Labute approximate surface area is 196 Å². The Morgan fingerprint density at radius 3 is 2.50 bits per heavy atom. The quantitative estimate of drug-likeness (QED) is 0.510. The van der Waals surface area contributed by atoms with Gasteiger partial charge in [-0.1, -0.05) is 29.3 Å². The SMILES string of the molecule is COC(=O)c1cc(CNC(=O)Cc2c(C)nn(-c3ccc(Cl)cc3Cl)c2C)ccc1OC. The Kier molecular flexibility index (Phi) is 7.43. The smallest absolute Gasteiger partial charge is 0.341 e. The molecule has 0 bridgehead atoms. The molecule has 0 unspecified atom stereocenters. The van der Waals surface area contributed by atoms with Crippen molar-refractivity contribution in [1.82, 2.24) is 15.1 Å². The molecular weight excluding hydrogens is 453 g/mol. The van der Waals surface area contributed by atoms with Crippen LogP contribution in [-0.2, 0) is 22.5 Å². The van der Waals surface area contributed by atoms with Crippen LogP contribution in [0, 0.1) is 13.8 Å². The lowest BCUT2D eigenvalue weighted by atomic mass is 10.1.